The number of thioether (sulfide) groups is 1. The Kier molecular flexibility index (Phi) is 6.27. The van der Waals surface area contributed by atoms with E-state index in [2.05, 4.69) is 21.3 Å². The predicted molar refractivity (Wildman–Crippen MR) is 141 cm³/mol. The lowest BCUT2D eigenvalue weighted by atomic mass is 10.2. The highest BCUT2D eigenvalue weighted by Crippen LogP contribution is 2.40. The molecule has 9 heteroatoms. The summed E-state index contributed by atoms with van der Waals surface area (Å²) in [6, 6.07) is 21.7. The Balaban J connectivity index is 1.48. The fraction of sp³-hybridized carbons (Fsp3) is 0.148. The normalized spacial score (nSPS) is 12.4. The minimum absolute atomic E-state index is 0.0464. The number of rotatable bonds is 6. The summed E-state index contributed by atoms with van der Waals surface area (Å²) in [6.07, 6.45) is 3.42. The Morgan fingerprint density at radius 1 is 0.917 bits per heavy atom. The summed E-state index contributed by atoms with van der Waals surface area (Å²) in [7, 11) is 3.73. The molecule has 0 saturated heterocycles. The first-order chi connectivity index (χ1) is 17.5. The Labute approximate surface area is 213 Å². The van der Waals surface area contributed by atoms with E-state index in [0.717, 1.165) is 28.2 Å². The van der Waals surface area contributed by atoms with Crippen LogP contribution in [0, 0.1) is 18.3 Å². The Morgan fingerprint density at radius 3 is 2.14 bits per heavy atom. The monoisotopic (exact) mass is 493 g/mol. The van der Waals surface area contributed by atoms with Crippen molar-refractivity contribution in [2.24, 2.45) is 0 Å². The number of carbonyl (C=O) groups is 1. The maximum Gasteiger partial charge on any atom is 0.196 e. The number of anilines is 2. The van der Waals surface area contributed by atoms with Gasteiger partial charge in [0.05, 0.1) is 22.8 Å². The molecule has 0 radical (unpaired) electrons. The number of aromatic nitrogens is 4. The fourth-order valence-electron chi connectivity index (χ4n) is 4.34. The summed E-state index contributed by atoms with van der Waals surface area (Å²) in [5.74, 6) is 1.01. The van der Waals surface area contributed by atoms with Crippen molar-refractivity contribution < 1.29 is 4.79 Å². The molecule has 8 nitrogen and oxygen atoms in total. The first-order valence-electron chi connectivity index (χ1n) is 11.3. The molecule has 5 rings (SSSR count). The van der Waals surface area contributed by atoms with Crippen LogP contribution in [0.2, 0.25) is 0 Å². The zero-order chi connectivity index (χ0) is 25.2. The number of fused-ring (bicyclic) bond motifs is 1. The van der Waals surface area contributed by atoms with E-state index in [1.807, 2.05) is 96.0 Å². The number of hydrogen-bond acceptors (Lipinski definition) is 8. The van der Waals surface area contributed by atoms with Gasteiger partial charge >= 0.3 is 0 Å². The largest absolute Gasteiger partial charge is 0.328 e. The van der Waals surface area contributed by atoms with E-state index in [4.69, 9.17) is 0 Å². The minimum atomic E-state index is -0.270. The lowest BCUT2D eigenvalue weighted by Crippen LogP contribution is -2.26. The van der Waals surface area contributed by atoms with Crippen LogP contribution in [0.25, 0.3) is 17.1 Å². The van der Waals surface area contributed by atoms with Crippen molar-refractivity contribution in [3.05, 3.63) is 90.0 Å². The molecule has 0 atom stereocenters. The second kappa shape index (κ2) is 9.68. The van der Waals surface area contributed by atoms with Gasteiger partial charge in [-0.25, -0.2) is 0 Å². The molecule has 3 heterocycles. The Bertz CT molecular complexity index is 1490. The van der Waals surface area contributed by atoms with Crippen molar-refractivity contribution in [3.8, 4) is 23.1 Å². The number of benzene rings is 2. The predicted octanol–water partition coefficient (Wildman–Crippen LogP) is 4.62. The highest BCUT2D eigenvalue weighted by molar-refractivity contribution is 7.99. The first-order valence-corrected chi connectivity index (χ1v) is 12.3. The molecule has 2 aromatic heterocycles. The molecule has 0 amide bonds. The van der Waals surface area contributed by atoms with Crippen molar-refractivity contribution in [1.29, 1.82) is 5.26 Å². The summed E-state index contributed by atoms with van der Waals surface area (Å²) in [5, 5.41) is 19.4. The number of carbonyl (C=O) groups excluding carboxylic acids is 1. The van der Waals surface area contributed by atoms with Gasteiger partial charge in [0.15, 0.2) is 16.8 Å². The molecule has 1 aliphatic heterocycles. The molecule has 0 fully saturated rings. The molecule has 0 aliphatic carbocycles. The molecule has 178 valence electrons. The van der Waals surface area contributed by atoms with Crippen molar-refractivity contribution in [1.82, 2.24) is 19.7 Å². The van der Waals surface area contributed by atoms with Crippen LogP contribution in [0.5, 0.6) is 0 Å². The summed E-state index contributed by atoms with van der Waals surface area (Å²) in [4.78, 5) is 21.2. The number of nitriles is 1. The van der Waals surface area contributed by atoms with Crippen molar-refractivity contribution in [3.63, 3.8) is 0 Å². The number of allylic oxidation sites excluding steroid dienone is 1. The maximum atomic E-state index is 13.3. The van der Waals surface area contributed by atoms with Gasteiger partial charge in [-0.15, -0.1) is 10.2 Å². The van der Waals surface area contributed by atoms with Gasteiger partial charge < -0.3 is 9.80 Å². The Hall–Kier alpha value is -4.42. The zero-order valence-corrected chi connectivity index (χ0v) is 20.9. The number of ketones is 1. The molecule has 0 N–H and O–H groups in total. The number of pyridine rings is 1. The quantitative estimate of drug-likeness (QED) is 0.218. The van der Waals surface area contributed by atoms with Crippen molar-refractivity contribution in [2.45, 2.75) is 12.1 Å². The van der Waals surface area contributed by atoms with Gasteiger partial charge in [0.2, 0.25) is 0 Å². The van der Waals surface area contributed by atoms with E-state index >= 15 is 0 Å². The highest BCUT2D eigenvalue weighted by atomic mass is 32.2. The smallest absolute Gasteiger partial charge is 0.196 e. The SMILES string of the molecule is Cc1ccccc1-n1c(SCC(=O)C(C#N)=C2N(C)c3ccccc3N2C)nnc1-c1ccncc1. The summed E-state index contributed by atoms with van der Waals surface area (Å²) < 4.78 is 1.95. The number of Topliss-reactive ketones (excluding diaryl/α,β-unsaturated/α-hetero) is 1. The zero-order valence-electron chi connectivity index (χ0n) is 20.1. The summed E-state index contributed by atoms with van der Waals surface area (Å²) >= 11 is 1.26. The molecular formula is C27H23N7OS. The first kappa shape index (κ1) is 23.3. The number of para-hydroxylation sites is 3. The van der Waals surface area contributed by atoms with Crippen LogP contribution >= 0.6 is 11.8 Å². The number of hydrogen-bond donors (Lipinski definition) is 0. The van der Waals surface area contributed by atoms with Gasteiger partial charge in [0, 0.05) is 32.1 Å². The van der Waals surface area contributed by atoms with Gasteiger partial charge in [-0.2, -0.15) is 5.26 Å². The molecule has 2 aromatic carbocycles. The van der Waals surface area contributed by atoms with Crippen molar-refractivity contribution >= 4 is 28.9 Å². The standard InChI is InChI=1S/C27H23N7OS/c1-18-8-4-5-9-21(18)34-25(19-12-14-29-15-13-19)30-31-27(34)36-17-24(35)20(16-28)26-32(2)22-10-6-7-11-23(22)33(26)3/h4-15H,17H2,1-3H3. The second-order valence-electron chi connectivity index (χ2n) is 8.29. The molecule has 0 spiro atoms. The minimum Gasteiger partial charge on any atom is -0.328 e. The van der Waals surface area contributed by atoms with Crippen LogP contribution in [-0.4, -0.2) is 45.4 Å². The molecule has 0 unspecified atom stereocenters. The van der Waals surface area contributed by atoms with Crippen LogP contribution < -0.4 is 9.80 Å². The van der Waals surface area contributed by atoms with Crippen LogP contribution in [-0.2, 0) is 4.79 Å². The topological polar surface area (TPSA) is 90.9 Å². The van der Waals surface area contributed by atoms with Crippen molar-refractivity contribution in [2.75, 3.05) is 29.6 Å². The number of aryl methyl sites for hydroxylation is 1. The average molecular weight is 494 g/mol. The van der Waals surface area contributed by atoms with E-state index < -0.39 is 0 Å². The molecule has 0 bridgehead atoms. The molecule has 0 saturated carbocycles. The van der Waals surface area contributed by atoms with Gasteiger partial charge in [-0.05, 0) is 42.8 Å². The van der Waals surface area contributed by atoms with Crippen LogP contribution in [0.1, 0.15) is 5.56 Å². The van der Waals surface area contributed by atoms with Gasteiger partial charge in [0.25, 0.3) is 0 Å². The van der Waals surface area contributed by atoms with E-state index in [-0.39, 0.29) is 17.1 Å². The third-order valence-electron chi connectivity index (χ3n) is 6.11. The van der Waals surface area contributed by atoms with E-state index in [0.29, 0.717) is 16.8 Å². The highest BCUT2D eigenvalue weighted by Gasteiger charge is 2.31. The summed E-state index contributed by atoms with van der Waals surface area (Å²) in [6.45, 7) is 2.02. The number of nitrogens with zero attached hydrogens (tertiary/aromatic N) is 7. The third-order valence-corrected chi connectivity index (χ3v) is 7.04. The molecular weight excluding hydrogens is 470 g/mol. The lowest BCUT2D eigenvalue weighted by Gasteiger charge is -2.19. The van der Waals surface area contributed by atoms with Crippen LogP contribution in [0.15, 0.2) is 89.6 Å². The second-order valence-corrected chi connectivity index (χ2v) is 9.24. The van der Waals surface area contributed by atoms with Gasteiger partial charge in [-0.3, -0.25) is 14.3 Å². The molecule has 36 heavy (non-hydrogen) atoms. The maximum absolute atomic E-state index is 13.3. The van der Waals surface area contributed by atoms with Crippen LogP contribution in [0.3, 0.4) is 0 Å². The average Bonchev–Trinajstić information content (AvgIpc) is 3.44. The van der Waals surface area contributed by atoms with Gasteiger partial charge in [0.1, 0.15) is 17.5 Å². The molecule has 4 aromatic rings. The van der Waals surface area contributed by atoms with Gasteiger partial charge in [-0.1, -0.05) is 42.1 Å². The summed E-state index contributed by atoms with van der Waals surface area (Å²) in [5.41, 5.74) is 4.85. The third kappa shape index (κ3) is 4.01. The lowest BCUT2D eigenvalue weighted by molar-refractivity contribution is -0.112. The van der Waals surface area contributed by atoms with E-state index in [9.17, 15) is 10.1 Å². The van der Waals surface area contributed by atoms with E-state index in [1.165, 1.54) is 11.8 Å². The fourth-order valence-corrected chi connectivity index (χ4v) is 5.16. The Morgan fingerprint density at radius 2 is 1.53 bits per heavy atom. The molecule has 1 aliphatic rings. The van der Waals surface area contributed by atoms with Crippen LogP contribution in [0.4, 0.5) is 11.4 Å². The van der Waals surface area contributed by atoms with E-state index in [1.54, 1.807) is 12.4 Å².